The van der Waals surface area contributed by atoms with Crippen LogP contribution in [0.5, 0.6) is 0 Å². The van der Waals surface area contributed by atoms with Crippen LogP contribution in [0.4, 0.5) is 0 Å². The van der Waals surface area contributed by atoms with Gasteiger partial charge in [-0.2, -0.15) is 0 Å². The van der Waals surface area contributed by atoms with Gasteiger partial charge in [0.05, 0.1) is 6.42 Å². The number of likely N-dealkylation sites (N-methyl/N-ethyl adjacent to an activating group) is 2. The van der Waals surface area contributed by atoms with E-state index in [1.807, 2.05) is 26.0 Å². The van der Waals surface area contributed by atoms with Crippen molar-refractivity contribution in [1.82, 2.24) is 9.80 Å². The Morgan fingerprint density at radius 2 is 1.62 bits per heavy atom. The van der Waals surface area contributed by atoms with E-state index in [9.17, 15) is 4.79 Å². The molecule has 0 unspecified atom stereocenters. The van der Waals surface area contributed by atoms with Gasteiger partial charge in [-0.15, -0.1) is 0 Å². The Bertz CT molecular complexity index is 1060. The van der Waals surface area contributed by atoms with Crippen LogP contribution >= 0.6 is 0 Å². The third-order valence-corrected chi connectivity index (χ3v) is 6.90. The highest BCUT2D eigenvalue weighted by molar-refractivity contribution is 6.08. The minimum Gasteiger partial charge on any atom is -0.344 e. The summed E-state index contributed by atoms with van der Waals surface area (Å²) in [7, 11) is 5.99. The molecule has 3 nitrogen and oxygen atoms in total. The quantitative estimate of drug-likeness (QED) is 0.402. The van der Waals surface area contributed by atoms with E-state index in [0.717, 1.165) is 31.8 Å². The van der Waals surface area contributed by atoms with Gasteiger partial charge < -0.3 is 9.80 Å². The summed E-state index contributed by atoms with van der Waals surface area (Å²) in [6.45, 7) is 10.5. The molecule has 0 atom stereocenters. The van der Waals surface area contributed by atoms with Crippen molar-refractivity contribution < 1.29 is 4.79 Å². The van der Waals surface area contributed by atoms with Crippen LogP contribution in [0.25, 0.3) is 17.2 Å². The first-order valence-corrected chi connectivity index (χ1v) is 12.7. The summed E-state index contributed by atoms with van der Waals surface area (Å²) in [6.07, 6.45) is 6.08. The van der Waals surface area contributed by atoms with Gasteiger partial charge in [0.2, 0.25) is 5.91 Å². The first-order chi connectivity index (χ1) is 16.2. The van der Waals surface area contributed by atoms with Crippen molar-refractivity contribution in [2.45, 2.75) is 53.4 Å². The van der Waals surface area contributed by atoms with Gasteiger partial charge in [0.25, 0.3) is 0 Å². The van der Waals surface area contributed by atoms with Crippen LogP contribution in [0.3, 0.4) is 0 Å². The average molecular weight is 459 g/mol. The fourth-order valence-electron chi connectivity index (χ4n) is 4.44. The van der Waals surface area contributed by atoms with Crippen molar-refractivity contribution in [1.29, 1.82) is 0 Å². The standard InChI is InChI=1S/C31H42N2O/c1-8-24-15-16-27-28(20-26-13-11-25(12-14-26)10-9-22(2)3)23(4)29(30(27)19-24)21-31(34)33(7)18-17-32(5)6/h11-16,19-20,22H,8-10,17-18,21H2,1-7H3/b28-20-. The maximum absolute atomic E-state index is 13.1. The fourth-order valence-corrected chi connectivity index (χ4v) is 4.44. The molecule has 0 spiro atoms. The number of hydrogen-bond donors (Lipinski definition) is 0. The second-order valence-electron chi connectivity index (χ2n) is 10.4. The molecule has 1 aliphatic rings. The van der Waals surface area contributed by atoms with Crippen LogP contribution in [-0.4, -0.2) is 49.9 Å². The summed E-state index contributed by atoms with van der Waals surface area (Å²) in [6, 6.07) is 15.7. The lowest BCUT2D eigenvalue weighted by Gasteiger charge is -2.20. The maximum atomic E-state index is 13.1. The third kappa shape index (κ3) is 6.48. The molecule has 0 saturated carbocycles. The number of benzene rings is 2. The number of rotatable bonds is 10. The zero-order chi connectivity index (χ0) is 24.8. The van der Waals surface area contributed by atoms with Crippen molar-refractivity contribution >= 4 is 23.1 Å². The van der Waals surface area contributed by atoms with Gasteiger partial charge in [-0.3, -0.25) is 4.79 Å². The molecular weight excluding hydrogens is 416 g/mol. The topological polar surface area (TPSA) is 23.6 Å². The molecule has 34 heavy (non-hydrogen) atoms. The largest absolute Gasteiger partial charge is 0.344 e. The van der Waals surface area contributed by atoms with Crippen LogP contribution in [0.1, 0.15) is 68.4 Å². The minimum atomic E-state index is 0.180. The van der Waals surface area contributed by atoms with Gasteiger partial charge in [-0.1, -0.05) is 63.2 Å². The zero-order valence-electron chi connectivity index (χ0n) is 22.2. The monoisotopic (exact) mass is 458 g/mol. The lowest BCUT2D eigenvalue weighted by Crippen LogP contribution is -2.33. The van der Waals surface area contributed by atoms with Crippen LogP contribution in [0.2, 0.25) is 0 Å². The summed E-state index contributed by atoms with van der Waals surface area (Å²) in [5, 5.41) is 0. The van der Waals surface area contributed by atoms with Gasteiger partial charge in [-0.05, 0) is 96.8 Å². The fraction of sp³-hybridized carbons (Fsp3) is 0.452. The van der Waals surface area contributed by atoms with E-state index in [0.29, 0.717) is 6.42 Å². The van der Waals surface area contributed by atoms with Crippen molar-refractivity contribution in [3.8, 4) is 0 Å². The Hall–Kier alpha value is -2.65. The zero-order valence-corrected chi connectivity index (χ0v) is 22.2. The number of fused-ring (bicyclic) bond motifs is 1. The molecule has 0 saturated heterocycles. The van der Waals surface area contributed by atoms with Gasteiger partial charge in [0, 0.05) is 20.1 Å². The van der Waals surface area contributed by atoms with Gasteiger partial charge in [0.15, 0.2) is 0 Å². The highest BCUT2D eigenvalue weighted by Gasteiger charge is 2.26. The highest BCUT2D eigenvalue weighted by atomic mass is 16.2. The van der Waals surface area contributed by atoms with Crippen molar-refractivity contribution in [3.05, 3.63) is 75.9 Å². The van der Waals surface area contributed by atoms with E-state index >= 15 is 0 Å². The maximum Gasteiger partial charge on any atom is 0.226 e. The number of carbonyl (C=O) groups is 1. The highest BCUT2D eigenvalue weighted by Crippen LogP contribution is 2.44. The van der Waals surface area contributed by atoms with Crippen LogP contribution in [-0.2, 0) is 17.6 Å². The summed E-state index contributed by atoms with van der Waals surface area (Å²) >= 11 is 0. The number of amides is 1. The van der Waals surface area contributed by atoms with Crippen LogP contribution in [0, 0.1) is 5.92 Å². The van der Waals surface area contributed by atoms with Crippen molar-refractivity contribution in [3.63, 3.8) is 0 Å². The van der Waals surface area contributed by atoms with Crippen molar-refractivity contribution in [2.24, 2.45) is 5.92 Å². The predicted molar refractivity (Wildman–Crippen MR) is 147 cm³/mol. The summed E-state index contributed by atoms with van der Waals surface area (Å²) in [4.78, 5) is 17.1. The molecule has 3 rings (SSSR count). The second-order valence-corrected chi connectivity index (χ2v) is 10.4. The Labute approximate surface area is 207 Å². The van der Waals surface area contributed by atoms with Crippen LogP contribution < -0.4 is 0 Å². The number of allylic oxidation sites excluding steroid dienone is 2. The third-order valence-electron chi connectivity index (χ3n) is 6.90. The van der Waals surface area contributed by atoms with Gasteiger partial charge in [0.1, 0.15) is 0 Å². The van der Waals surface area contributed by atoms with E-state index < -0.39 is 0 Å². The molecule has 0 fully saturated rings. The first-order valence-electron chi connectivity index (χ1n) is 12.7. The number of hydrogen-bond acceptors (Lipinski definition) is 2. The summed E-state index contributed by atoms with van der Waals surface area (Å²) in [5.74, 6) is 0.903. The normalized spacial score (nSPS) is 14.4. The molecule has 0 radical (unpaired) electrons. The SMILES string of the molecule is CCc1ccc2c(c1)C(CC(=O)N(C)CCN(C)C)=C(C)/C2=C/c1ccc(CCC(C)C)cc1. The van der Waals surface area contributed by atoms with E-state index in [2.05, 4.69) is 81.1 Å². The Kier molecular flexibility index (Phi) is 8.90. The van der Waals surface area contributed by atoms with Crippen molar-refractivity contribution in [2.75, 3.05) is 34.2 Å². The Morgan fingerprint density at radius 1 is 0.941 bits per heavy atom. The molecule has 0 N–H and O–H groups in total. The van der Waals surface area contributed by atoms with Gasteiger partial charge in [-0.25, -0.2) is 0 Å². The summed E-state index contributed by atoms with van der Waals surface area (Å²) in [5.41, 5.74) is 10.0. The number of nitrogens with zero attached hydrogens (tertiary/aromatic N) is 2. The summed E-state index contributed by atoms with van der Waals surface area (Å²) < 4.78 is 0. The average Bonchev–Trinajstić information content (AvgIpc) is 3.06. The minimum absolute atomic E-state index is 0.180. The molecule has 0 heterocycles. The molecule has 1 aliphatic carbocycles. The first kappa shape index (κ1) is 26.0. The molecule has 0 aromatic heterocycles. The Balaban J connectivity index is 1.90. The lowest BCUT2D eigenvalue weighted by atomic mass is 9.97. The molecule has 0 aliphatic heterocycles. The molecular formula is C31H42N2O. The smallest absolute Gasteiger partial charge is 0.226 e. The Morgan fingerprint density at radius 3 is 2.24 bits per heavy atom. The molecule has 2 aromatic carbocycles. The molecule has 3 heteroatoms. The van der Waals surface area contributed by atoms with E-state index in [1.165, 1.54) is 51.0 Å². The predicted octanol–water partition coefficient (Wildman–Crippen LogP) is 6.58. The molecule has 0 bridgehead atoms. The molecule has 1 amide bonds. The second kappa shape index (κ2) is 11.7. The lowest BCUT2D eigenvalue weighted by molar-refractivity contribution is -0.128. The van der Waals surface area contributed by atoms with Crippen LogP contribution in [0.15, 0.2) is 48.0 Å². The van der Waals surface area contributed by atoms with Gasteiger partial charge >= 0.3 is 0 Å². The van der Waals surface area contributed by atoms with E-state index in [1.54, 1.807) is 0 Å². The molecule has 182 valence electrons. The number of carbonyl (C=O) groups excluding carboxylic acids is 1. The molecule has 2 aromatic rings. The van der Waals surface area contributed by atoms with E-state index in [4.69, 9.17) is 0 Å². The number of aryl methyl sites for hydroxylation is 2. The van der Waals surface area contributed by atoms with E-state index in [-0.39, 0.29) is 5.91 Å².